The zero-order valence-corrected chi connectivity index (χ0v) is 17.0. The van der Waals surface area contributed by atoms with Crippen LogP contribution in [0.1, 0.15) is 44.9 Å². The lowest BCUT2D eigenvalue weighted by atomic mass is 9.94. The Labute approximate surface area is 169 Å². The third-order valence-electron chi connectivity index (χ3n) is 4.98. The first kappa shape index (κ1) is 21.0. The van der Waals surface area contributed by atoms with Gasteiger partial charge in [0.1, 0.15) is 6.10 Å². The van der Waals surface area contributed by atoms with Gasteiger partial charge in [-0.3, -0.25) is 14.5 Å². The number of nitrogens with one attached hydrogen (secondary N) is 1. The lowest BCUT2D eigenvalue weighted by Crippen LogP contribution is -2.46. The Morgan fingerprint density at radius 3 is 2.43 bits per heavy atom. The summed E-state index contributed by atoms with van der Waals surface area (Å²) in [4.78, 5) is 28.7. The minimum atomic E-state index is -3.57. The fourth-order valence-electron chi connectivity index (χ4n) is 3.47. The van der Waals surface area contributed by atoms with Gasteiger partial charge in [0, 0.05) is 37.7 Å². The zero-order valence-electron chi connectivity index (χ0n) is 15.5. The van der Waals surface area contributed by atoms with Gasteiger partial charge in [-0.15, -0.1) is 0 Å². The molecule has 8 nitrogen and oxygen atoms in total. The summed E-state index contributed by atoms with van der Waals surface area (Å²) in [6.07, 6.45) is 5.36. The second kappa shape index (κ2) is 9.19. The Bertz CT molecular complexity index is 791. The highest BCUT2D eigenvalue weighted by molar-refractivity contribution is 7.89. The predicted molar refractivity (Wildman–Crippen MR) is 103 cm³/mol. The van der Waals surface area contributed by atoms with E-state index in [1.54, 1.807) is 12.1 Å². The van der Waals surface area contributed by atoms with Gasteiger partial charge < -0.3 is 4.74 Å². The van der Waals surface area contributed by atoms with Crippen molar-refractivity contribution in [2.45, 2.75) is 57.1 Å². The van der Waals surface area contributed by atoms with Gasteiger partial charge in [0.05, 0.1) is 10.8 Å². The van der Waals surface area contributed by atoms with Crippen molar-refractivity contribution in [1.29, 1.82) is 0 Å². The molecule has 0 radical (unpaired) electrons. The lowest BCUT2D eigenvalue weighted by molar-refractivity contribution is -0.147. The molecule has 1 N–H and O–H groups in total. The van der Waals surface area contributed by atoms with Gasteiger partial charge >= 0.3 is 0 Å². The standard InChI is InChI=1S/C18H24ClN3O5S/c19-13-4-9-16(20-12-13)27-15-7-5-14(6-8-15)21-28(25,26)11-10-22-17(23)2-1-3-18(22)24/h4,9,12,14-15,21H,1-3,5-8,10-11H2. The number of sulfonamides is 1. The van der Waals surface area contributed by atoms with Gasteiger partial charge in [0.25, 0.3) is 0 Å². The number of halogens is 1. The van der Waals surface area contributed by atoms with Gasteiger partial charge in [0.15, 0.2) is 0 Å². The van der Waals surface area contributed by atoms with Crippen LogP contribution < -0.4 is 9.46 Å². The van der Waals surface area contributed by atoms with Crippen LogP contribution in [0.5, 0.6) is 5.88 Å². The average molecular weight is 430 g/mol. The van der Waals surface area contributed by atoms with E-state index >= 15 is 0 Å². The average Bonchev–Trinajstić information content (AvgIpc) is 2.64. The SMILES string of the molecule is O=C1CCCC(=O)N1CCS(=O)(=O)NC1CCC(Oc2ccc(Cl)cn2)CC1. The van der Waals surface area contributed by atoms with Gasteiger partial charge in [-0.05, 0) is 38.2 Å². The highest BCUT2D eigenvalue weighted by Gasteiger charge is 2.29. The zero-order chi connectivity index (χ0) is 20.1. The van der Waals surface area contributed by atoms with Gasteiger partial charge in [-0.1, -0.05) is 11.6 Å². The second-order valence-corrected chi connectivity index (χ2v) is 9.45. The van der Waals surface area contributed by atoms with E-state index in [0.29, 0.717) is 55.8 Å². The summed E-state index contributed by atoms with van der Waals surface area (Å²) in [7, 11) is -3.57. The van der Waals surface area contributed by atoms with Crippen LogP contribution in [0.4, 0.5) is 0 Å². The number of pyridine rings is 1. The van der Waals surface area contributed by atoms with Crippen molar-refractivity contribution in [3.05, 3.63) is 23.4 Å². The highest BCUT2D eigenvalue weighted by atomic mass is 35.5. The van der Waals surface area contributed by atoms with E-state index < -0.39 is 10.0 Å². The summed E-state index contributed by atoms with van der Waals surface area (Å²) < 4.78 is 33.2. The third kappa shape index (κ3) is 5.89. The first-order valence-electron chi connectivity index (χ1n) is 9.44. The number of carbonyl (C=O) groups is 2. The fraction of sp³-hybridized carbons (Fsp3) is 0.611. The molecule has 0 unspecified atom stereocenters. The van der Waals surface area contributed by atoms with E-state index in [4.69, 9.17) is 16.3 Å². The normalized spacial score (nSPS) is 23.7. The molecule has 1 aliphatic heterocycles. The first-order chi connectivity index (χ1) is 13.3. The number of rotatable bonds is 7. The molecule has 1 aliphatic carbocycles. The smallest absolute Gasteiger partial charge is 0.229 e. The number of hydrogen-bond donors (Lipinski definition) is 1. The Hall–Kier alpha value is -1.71. The van der Waals surface area contributed by atoms with Crippen molar-refractivity contribution in [3.63, 3.8) is 0 Å². The van der Waals surface area contributed by atoms with Crippen molar-refractivity contribution in [3.8, 4) is 5.88 Å². The van der Waals surface area contributed by atoms with Crippen LogP contribution >= 0.6 is 11.6 Å². The quantitative estimate of drug-likeness (QED) is 0.663. The minimum Gasteiger partial charge on any atom is -0.474 e. The van der Waals surface area contributed by atoms with Gasteiger partial charge in [0.2, 0.25) is 27.7 Å². The van der Waals surface area contributed by atoms with Crippen molar-refractivity contribution in [1.82, 2.24) is 14.6 Å². The van der Waals surface area contributed by atoms with Crippen LogP contribution in [0.15, 0.2) is 18.3 Å². The minimum absolute atomic E-state index is 0.0157. The van der Waals surface area contributed by atoms with Crippen molar-refractivity contribution in [2.75, 3.05) is 12.3 Å². The molecular weight excluding hydrogens is 406 g/mol. The maximum absolute atomic E-state index is 12.3. The topological polar surface area (TPSA) is 106 Å². The summed E-state index contributed by atoms with van der Waals surface area (Å²) in [5.74, 6) is -0.348. The van der Waals surface area contributed by atoms with Gasteiger partial charge in [-0.25, -0.2) is 18.1 Å². The summed E-state index contributed by atoms with van der Waals surface area (Å²) >= 11 is 5.80. The fourth-order valence-corrected chi connectivity index (χ4v) is 4.87. The molecular formula is C18H24ClN3O5S. The molecule has 2 heterocycles. The Balaban J connectivity index is 1.43. The van der Waals surface area contributed by atoms with Gasteiger partial charge in [-0.2, -0.15) is 0 Å². The number of ether oxygens (including phenoxy) is 1. The molecule has 1 saturated heterocycles. The van der Waals surface area contributed by atoms with Crippen molar-refractivity contribution < 1.29 is 22.7 Å². The van der Waals surface area contributed by atoms with Crippen LogP contribution in [-0.4, -0.2) is 54.6 Å². The summed E-state index contributed by atoms with van der Waals surface area (Å²) in [6, 6.07) is 3.25. The number of carbonyl (C=O) groups excluding carboxylic acids is 2. The van der Waals surface area contributed by atoms with Crippen LogP contribution in [0, 0.1) is 0 Å². The first-order valence-corrected chi connectivity index (χ1v) is 11.5. The second-order valence-electron chi connectivity index (χ2n) is 7.14. The number of nitrogens with zero attached hydrogens (tertiary/aromatic N) is 2. The summed E-state index contributed by atoms with van der Waals surface area (Å²) in [5.41, 5.74) is 0. The number of aromatic nitrogens is 1. The van der Waals surface area contributed by atoms with E-state index in [0.717, 1.165) is 4.90 Å². The molecule has 3 rings (SSSR count). The third-order valence-corrected chi connectivity index (χ3v) is 6.61. The summed E-state index contributed by atoms with van der Waals surface area (Å²) in [5, 5.41) is 0.540. The molecule has 2 aliphatic rings. The predicted octanol–water partition coefficient (Wildman–Crippen LogP) is 1.88. The number of hydrogen-bond acceptors (Lipinski definition) is 6. The molecule has 0 aromatic carbocycles. The Kier molecular flexibility index (Phi) is 6.90. The molecule has 0 spiro atoms. The molecule has 154 valence electrons. The molecule has 2 fully saturated rings. The number of imide groups is 1. The van der Waals surface area contributed by atoms with E-state index in [2.05, 4.69) is 9.71 Å². The maximum atomic E-state index is 12.3. The molecule has 1 saturated carbocycles. The van der Waals surface area contributed by atoms with Crippen molar-refractivity contribution in [2.24, 2.45) is 0 Å². The van der Waals surface area contributed by atoms with E-state index in [9.17, 15) is 18.0 Å². The monoisotopic (exact) mass is 429 g/mol. The van der Waals surface area contributed by atoms with E-state index in [1.165, 1.54) is 6.20 Å². The molecule has 1 aromatic rings. The number of piperidine rings is 1. The van der Waals surface area contributed by atoms with E-state index in [-0.39, 0.29) is 36.3 Å². The highest BCUT2D eigenvalue weighted by Crippen LogP contribution is 2.24. The maximum Gasteiger partial charge on any atom is 0.229 e. The number of amides is 2. The summed E-state index contributed by atoms with van der Waals surface area (Å²) in [6.45, 7) is -0.0896. The lowest BCUT2D eigenvalue weighted by Gasteiger charge is -2.29. The molecule has 28 heavy (non-hydrogen) atoms. The van der Waals surface area contributed by atoms with Crippen LogP contribution in [0.2, 0.25) is 5.02 Å². The molecule has 10 heteroatoms. The largest absolute Gasteiger partial charge is 0.474 e. The molecule has 0 bridgehead atoms. The van der Waals surface area contributed by atoms with Crippen LogP contribution in [0.25, 0.3) is 0 Å². The van der Waals surface area contributed by atoms with Crippen LogP contribution in [0.3, 0.4) is 0 Å². The Morgan fingerprint density at radius 2 is 1.82 bits per heavy atom. The molecule has 2 amide bonds. The van der Waals surface area contributed by atoms with E-state index in [1.807, 2.05) is 0 Å². The number of likely N-dealkylation sites (tertiary alicyclic amines) is 1. The molecule has 1 aromatic heterocycles. The Morgan fingerprint density at radius 1 is 1.14 bits per heavy atom. The molecule has 0 atom stereocenters. The van der Waals surface area contributed by atoms with Crippen LogP contribution in [-0.2, 0) is 19.6 Å². The van der Waals surface area contributed by atoms with Crippen molar-refractivity contribution >= 4 is 33.4 Å².